The molecule has 2 aliphatic heterocycles. The van der Waals surface area contributed by atoms with Crippen molar-refractivity contribution in [1.29, 1.82) is 0 Å². The van der Waals surface area contributed by atoms with Gasteiger partial charge in [0.2, 0.25) is 0 Å². The Kier molecular flexibility index (Phi) is 1.80. The van der Waals surface area contributed by atoms with Gasteiger partial charge in [-0.15, -0.1) is 0 Å². The zero-order valence-corrected chi connectivity index (χ0v) is 6.81. The fourth-order valence-corrected chi connectivity index (χ4v) is 1.85. The summed E-state index contributed by atoms with van der Waals surface area (Å²) in [5, 5.41) is 5.16. The van der Waals surface area contributed by atoms with Gasteiger partial charge in [0.15, 0.2) is 0 Å². The quantitative estimate of drug-likeness (QED) is 0.508. The molecule has 0 amide bonds. The van der Waals surface area contributed by atoms with Crippen LogP contribution in [0.5, 0.6) is 0 Å². The highest BCUT2D eigenvalue weighted by atomic mass is 16.5. The summed E-state index contributed by atoms with van der Waals surface area (Å²) in [6.45, 7) is 4.39. The number of ether oxygens (including phenoxy) is 1. The molecule has 2 aliphatic rings. The van der Waals surface area contributed by atoms with Crippen LogP contribution in [0.1, 0.15) is 12.8 Å². The number of hydrogen-bond acceptors (Lipinski definition) is 3. The molecule has 0 atom stereocenters. The topological polar surface area (TPSA) is 33.3 Å². The first-order chi connectivity index (χ1) is 5.81. The molecule has 1 spiro atoms. The van der Waals surface area contributed by atoms with Crippen molar-refractivity contribution in [3.63, 3.8) is 0 Å². The van der Waals surface area contributed by atoms with Gasteiger partial charge in [-0.25, -0.2) is 0 Å². The van der Waals surface area contributed by atoms with Crippen LogP contribution in [0.25, 0.3) is 0 Å². The third kappa shape index (κ3) is 1.55. The molecule has 64 valence electrons. The Morgan fingerprint density at radius 2 is 2.09 bits per heavy atom. The minimum absolute atomic E-state index is 0.204. The van der Waals surface area contributed by atoms with Gasteiger partial charge in [0.25, 0.3) is 0 Å². The van der Waals surface area contributed by atoms with E-state index in [-0.39, 0.29) is 5.54 Å². The molecule has 0 aromatic rings. The van der Waals surface area contributed by atoms with E-state index >= 15 is 0 Å². The van der Waals surface area contributed by atoms with Gasteiger partial charge in [0, 0.05) is 12.1 Å². The minimum atomic E-state index is 0.204. The van der Waals surface area contributed by atoms with Crippen LogP contribution in [-0.4, -0.2) is 38.4 Å². The Bertz CT molecular complexity index is 149. The maximum Gasteiger partial charge on any atom is 0.122 e. The van der Waals surface area contributed by atoms with E-state index in [1.165, 1.54) is 0 Å². The minimum Gasteiger partial charge on any atom is -0.378 e. The average molecular weight is 157 g/mol. The second-order valence-electron chi connectivity index (χ2n) is 3.43. The van der Waals surface area contributed by atoms with Gasteiger partial charge in [-0.2, -0.15) is 0 Å². The predicted octanol–water partition coefficient (Wildman–Crippen LogP) is -0.272. The van der Waals surface area contributed by atoms with Crippen LogP contribution in [0.15, 0.2) is 0 Å². The monoisotopic (exact) mass is 157 g/mol. The summed E-state index contributed by atoms with van der Waals surface area (Å²) in [5.41, 5.74) is 0.204. The summed E-state index contributed by atoms with van der Waals surface area (Å²) in [7, 11) is 0. The molecular formula is C8H16N2O. The first-order valence-corrected chi connectivity index (χ1v) is 4.37. The highest BCUT2D eigenvalue weighted by Crippen LogP contribution is 2.20. The van der Waals surface area contributed by atoms with Crippen molar-refractivity contribution in [3.05, 3.63) is 0 Å². The number of piperidine rings is 1. The Morgan fingerprint density at radius 3 is 2.73 bits per heavy atom. The molecule has 0 saturated carbocycles. The lowest BCUT2D eigenvalue weighted by Gasteiger charge is -2.41. The normalized spacial score (nSPS) is 33.6. The van der Waals surface area contributed by atoms with Crippen molar-refractivity contribution in [2.24, 2.45) is 0 Å². The third-order valence-corrected chi connectivity index (χ3v) is 2.62. The van der Waals surface area contributed by atoms with Gasteiger partial charge in [-0.3, -0.25) is 0 Å². The van der Waals surface area contributed by atoms with Crippen molar-refractivity contribution in [1.82, 2.24) is 10.6 Å². The SMILES string of the molecule is [2H]N1CCC2(CC1)COCCN2. The maximum atomic E-state index is 7.44. The van der Waals surface area contributed by atoms with Crippen LogP contribution in [-0.2, 0) is 4.74 Å². The lowest BCUT2D eigenvalue weighted by molar-refractivity contribution is 0.0129. The van der Waals surface area contributed by atoms with E-state index in [1.54, 1.807) is 5.31 Å². The van der Waals surface area contributed by atoms with Gasteiger partial charge in [-0.05, 0) is 25.9 Å². The third-order valence-electron chi connectivity index (χ3n) is 2.62. The molecule has 0 bridgehead atoms. The molecule has 3 nitrogen and oxygen atoms in total. The Labute approximate surface area is 69.0 Å². The molecule has 0 radical (unpaired) electrons. The van der Waals surface area contributed by atoms with Crippen molar-refractivity contribution in [3.8, 4) is 0 Å². The summed E-state index contributed by atoms with van der Waals surface area (Å²) in [5.74, 6) is 0. The number of nitrogens with one attached hydrogen (secondary N) is 2. The van der Waals surface area contributed by atoms with Gasteiger partial charge in [-0.1, -0.05) is 0 Å². The van der Waals surface area contributed by atoms with Crippen LogP contribution in [0.3, 0.4) is 0 Å². The number of rotatable bonds is 0. The molecule has 2 saturated heterocycles. The second-order valence-corrected chi connectivity index (χ2v) is 3.43. The number of hydrogen-bond donors (Lipinski definition) is 2. The zero-order valence-electron chi connectivity index (χ0n) is 7.81. The fraction of sp³-hybridized carbons (Fsp3) is 1.00. The molecule has 2 fully saturated rings. The van der Waals surface area contributed by atoms with Crippen LogP contribution in [0.4, 0.5) is 0 Å². The lowest BCUT2D eigenvalue weighted by atomic mass is 9.88. The van der Waals surface area contributed by atoms with Crippen LogP contribution in [0.2, 0.25) is 1.41 Å². The first kappa shape index (κ1) is 6.40. The standard InChI is InChI=1S/C8H16N2O/c1-3-9-4-2-8(1)7-11-6-5-10-8/h9-10H,1-7H2/i/hD. The van der Waals surface area contributed by atoms with Crippen LogP contribution in [0, 0.1) is 0 Å². The Balaban J connectivity index is 1.92. The van der Waals surface area contributed by atoms with Gasteiger partial charge in [0.05, 0.1) is 13.2 Å². The molecule has 0 unspecified atom stereocenters. The first-order valence-electron chi connectivity index (χ1n) is 4.82. The highest BCUT2D eigenvalue weighted by Gasteiger charge is 2.33. The molecular weight excluding hydrogens is 140 g/mol. The molecule has 2 rings (SSSR count). The lowest BCUT2D eigenvalue weighted by Crippen LogP contribution is -2.58. The van der Waals surface area contributed by atoms with Crippen molar-refractivity contribution in [2.75, 3.05) is 32.8 Å². The average Bonchev–Trinajstić information content (AvgIpc) is 2.13. The summed E-state index contributed by atoms with van der Waals surface area (Å²) in [6.07, 6.45) is 2.10. The van der Waals surface area contributed by atoms with Crippen molar-refractivity contribution < 1.29 is 6.15 Å². The summed E-state index contributed by atoms with van der Waals surface area (Å²) in [4.78, 5) is 0. The van der Waals surface area contributed by atoms with Gasteiger partial charge >= 0.3 is 0 Å². The number of morpholine rings is 1. The second kappa shape index (κ2) is 3.09. The van der Waals surface area contributed by atoms with Gasteiger partial charge in [0.1, 0.15) is 1.41 Å². The van der Waals surface area contributed by atoms with Crippen molar-refractivity contribution in [2.45, 2.75) is 18.4 Å². The zero-order chi connectivity index (χ0) is 8.44. The molecule has 2 heterocycles. The molecule has 2 N–H and O–H groups in total. The molecule has 3 heteroatoms. The van der Waals surface area contributed by atoms with E-state index in [1.807, 2.05) is 0 Å². The van der Waals surface area contributed by atoms with Crippen molar-refractivity contribution >= 4 is 0 Å². The van der Waals surface area contributed by atoms with E-state index in [9.17, 15) is 0 Å². The molecule has 11 heavy (non-hydrogen) atoms. The molecule has 0 aromatic heterocycles. The summed E-state index contributed by atoms with van der Waals surface area (Å²) >= 11 is 0. The van der Waals surface area contributed by atoms with Gasteiger partial charge < -0.3 is 15.4 Å². The van der Waals surface area contributed by atoms with Crippen LogP contribution >= 0.6 is 0 Å². The summed E-state index contributed by atoms with van der Waals surface area (Å²) < 4.78 is 12.9. The van der Waals surface area contributed by atoms with E-state index in [0.717, 1.165) is 45.7 Å². The molecule has 0 aliphatic carbocycles. The maximum absolute atomic E-state index is 7.44. The largest absolute Gasteiger partial charge is 0.378 e. The van der Waals surface area contributed by atoms with E-state index in [4.69, 9.17) is 6.15 Å². The van der Waals surface area contributed by atoms with E-state index in [0.29, 0.717) is 0 Å². The Morgan fingerprint density at radius 1 is 1.27 bits per heavy atom. The molecule has 0 aromatic carbocycles. The highest BCUT2D eigenvalue weighted by molar-refractivity contribution is 4.93. The Hall–Kier alpha value is -0.120. The smallest absolute Gasteiger partial charge is 0.122 e. The summed E-state index contributed by atoms with van der Waals surface area (Å²) in [6, 6.07) is 0. The fourth-order valence-electron chi connectivity index (χ4n) is 1.85. The van der Waals surface area contributed by atoms with E-state index < -0.39 is 0 Å². The predicted molar refractivity (Wildman–Crippen MR) is 43.7 cm³/mol. The van der Waals surface area contributed by atoms with E-state index in [2.05, 4.69) is 5.32 Å². The van der Waals surface area contributed by atoms with Crippen LogP contribution < -0.4 is 10.6 Å².